The fraction of sp³-hybridized carbons (Fsp3) is 0.682. The molecule has 138 valence electrons. The monoisotopic (exact) mass is 353 g/mol. The molecule has 1 aromatic rings. The second kappa shape index (κ2) is 5.03. The van der Waals surface area contributed by atoms with Crippen LogP contribution in [0.1, 0.15) is 50.2 Å². The number of rotatable bonds is 2. The molecule has 0 radical (unpaired) electrons. The molecule has 6 rings (SSSR count). The van der Waals surface area contributed by atoms with Crippen LogP contribution in [0.15, 0.2) is 12.1 Å². The van der Waals surface area contributed by atoms with Gasteiger partial charge in [0, 0.05) is 30.0 Å². The second-order valence-corrected chi connectivity index (χ2v) is 9.47. The van der Waals surface area contributed by atoms with Gasteiger partial charge in [-0.2, -0.15) is 0 Å². The minimum Gasteiger partial charge on any atom is -0.504 e. The molecule has 0 unspecified atom stereocenters. The summed E-state index contributed by atoms with van der Waals surface area (Å²) in [4.78, 5) is 15.7. The lowest BCUT2D eigenvalue weighted by Crippen LogP contribution is -2.68. The summed E-state index contributed by atoms with van der Waals surface area (Å²) in [5, 5.41) is 10.4. The minimum atomic E-state index is -0.376. The molecule has 4 nitrogen and oxygen atoms in total. The molecule has 2 bridgehead atoms. The Morgan fingerprint density at radius 1 is 1.31 bits per heavy atom. The van der Waals surface area contributed by atoms with Crippen LogP contribution in [0.4, 0.5) is 0 Å². The fourth-order valence-electron chi connectivity index (χ4n) is 7.10. The number of aromatic hydroxyl groups is 1. The zero-order chi connectivity index (χ0) is 17.6. The first-order valence-corrected chi connectivity index (χ1v) is 10.4. The van der Waals surface area contributed by atoms with Crippen molar-refractivity contribution >= 4 is 5.78 Å². The lowest BCUT2D eigenvalue weighted by Gasteiger charge is -2.60. The Balaban J connectivity index is 1.51. The predicted octanol–water partition coefficient (Wildman–Crippen LogP) is 3.05. The molecule has 0 aromatic heterocycles. The van der Waals surface area contributed by atoms with Crippen molar-refractivity contribution in [2.24, 2.45) is 17.8 Å². The molecular formula is C22H27NO3. The fourth-order valence-corrected chi connectivity index (χ4v) is 7.10. The van der Waals surface area contributed by atoms with Gasteiger partial charge in [0.05, 0.1) is 0 Å². The van der Waals surface area contributed by atoms with Crippen LogP contribution < -0.4 is 4.74 Å². The Hall–Kier alpha value is -1.55. The molecule has 2 saturated carbocycles. The molecule has 1 aromatic carbocycles. The maximum atomic E-state index is 12.9. The van der Waals surface area contributed by atoms with Gasteiger partial charge in [-0.05, 0) is 61.6 Å². The summed E-state index contributed by atoms with van der Waals surface area (Å²) in [6.45, 7) is 4.56. The Labute approximate surface area is 154 Å². The number of ketones is 1. The molecule has 0 amide bonds. The van der Waals surface area contributed by atoms with Crippen molar-refractivity contribution in [3.63, 3.8) is 0 Å². The average molecular weight is 353 g/mol. The molecule has 3 fully saturated rings. The Kier molecular flexibility index (Phi) is 3.00. The first-order chi connectivity index (χ1) is 12.6. The van der Waals surface area contributed by atoms with Crippen LogP contribution in [0.25, 0.3) is 0 Å². The van der Waals surface area contributed by atoms with Crippen molar-refractivity contribution < 1.29 is 14.6 Å². The van der Waals surface area contributed by atoms with Gasteiger partial charge < -0.3 is 9.84 Å². The maximum absolute atomic E-state index is 12.9. The van der Waals surface area contributed by atoms with E-state index < -0.39 is 0 Å². The highest BCUT2D eigenvalue weighted by atomic mass is 16.5. The number of benzene rings is 1. The van der Waals surface area contributed by atoms with Gasteiger partial charge in [0.1, 0.15) is 0 Å². The normalized spacial score (nSPS) is 40.7. The third-order valence-electron chi connectivity index (χ3n) is 8.26. The SMILES string of the molecule is C[C@H]1CC(=O)[C@H]2Oc3c(O)ccc4c3[C@@]23CCN(CC2CCC2)[C@H](C4)[C@H]13. The van der Waals surface area contributed by atoms with E-state index in [0.29, 0.717) is 30.0 Å². The topological polar surface area (TPSA) is 49.8 Å². The number of hydrogen-bond donors (Lipinski definition) is 1. The number of carbonyl (C=O) groups is 1. The van der Waals surface area contributed by atoms with Crippen molar-refractivity contribution in [1.29, 1.82) is 0 Å². The summed E-state index contributed by atoms with van der Waals surface area (Å²) in [6, 6.07) is 4.37. The Bertz CT molecular complexity index is 801. The lowest BCUT2D eigenvalue weighted by molar-refractivity contribution is -0.144. The molecule has 5 atom stereocenters. The van der Waals surface area contributed by atoms with Crippen molar-refractivity contribution in [1.82, 2.24) is 4.90 Å². The summed E-state index contributed by atoms with van der Waals surface area (Å²) >= 11 is 0. The van der Waals surface area contributed by atoms with Gasteiger partial charge in [0.15, 0.2) is 23.4 Å². The number of piperidine rings is 1. The molecule has 2 aliphatic heterocycles. The van der Waals surface area contributed by atoms with Crippen LogP contribution in [-0.2, 0) is 16.6 Å². The predicted molar refractivity (Wildman–Crippen MR) is 97.5 cm³/mol. The molecule has 2 heterocycles. The number of nitrogens with zero attached hydrogens (tertiary/aromatic N) is 1. The van der Waals surface area contributed by atoms with Crippen molar-refractivity contribution in [2.75, 3.05) is 13.1 Å². The molecule has 1 N–H and O–H groups in total. The summed E-state index contributed by atoms with van der Waals surface area (Å²) < 4.78 is 6.20. The smallest absolute Gasteiger partial charge is 0.174 e. The van der Waals surface area contributed by atoms with E-state index in [9.17, 15) is 9.90 Å². The van der Waals surface area contributed by atoms with Crippen LogP contribution in [0, 0.1) is 17.8 Å². The number of phenolic OH excluding ortho intramolecular Hbond substituents is 1. The third kappa shape index (κ3) is 1.72. The summed E-state index contributed by atoms with van der Waals surface area (Å²) in [5.41, 5.74) is 2.30. The van der Waals surface area contributed by atoms with E-state index in [2.05, 4.69) is 17.9 Å². The van der Waals surface area contributed by atoms with Gasteiger partial charge in [-0.3, -0.25) is 9.69 Å². The van der Waals surface area contributed by atoms with E-state index in [1.807, 2.05) is 0 Å². The quantitative estimate of drug-likeness (QED) is 0.888. The number of carbonyl (C=O) groups excluding carboxylic acids is 1. The van der Waals surface area contributed by atoms with Gasteiger partial charge in [-0.1, -0.05) is 19.4 Å². The van der Waals surface area contributed by atoms with Gasteiger partial charge >= 0.3 is 0 Å². The average Bonchev–Trinajstić information content (AvgIpc) is 2.92. The highest BCUT2D eigenvalue weighted by Crippen LogP contribution is 2.64. The number of phenols is 1. The van der Waals surface area contributed by atoms with E-state index in [1.165, 1.54) is 36.9 Å². The van der Waals surface area contributed by atoms with Crippen LogP contribution in [0.2, 0.25) is 0 Å². The minimum absolute atomic E-state index is 0.197. The second-order valence-electron chi connectivity index (χ2n) is 9.47. The summed E-state index contributed by atoms with van der Waals surface area (Å²) in [5.74, 6) is 2.79. The van der Waals surface area contributed by atoms with Gasteiger partial charge in [0.25, 0.3) is 0 Å². The summed E-state index contributed by atoms with van der Waals surface area (Å²) in [7, 11) is 0. The number of likely N-dealkylation sites (tertiary alicyclic amines) is 1. The highest BCUT2D eigenvalue weighted by molar-refractivity contribution is 5.89. The summed E-state index contributed by atoms with van der Waals surface area (Å²) in [6.07, 6.45) is 6.43. The highest BCUT2D eigenvalue weighted by Gasteiger charge is 2.67. The number of ether oxygens (including phenoxy) is 1. The Morgan fingerprint density at radius 2 is 2.15 bits per heavy atom. The van der Waals surface area contributed by atoms with E-state index >= 15 is 0 Å². The van der Waals surface area contributed by atoms with Crippen LogP contribution in [-0.4, -0.2) is 41.0 Å². The first kappa shape index (κ1) is 15.5. The van der Waals surface area contributed by atoms with E-state index in [0.717, 1.165) is 25.3 Å². The van der Waals surface area contributed by atoms with Gasteiger partial charge in [0.2, 0.25) is 0 Å². The molecular weight excluding hydrogens is 326 g/mol. The zero-order valence-electron chi connectivity index (χ0n) is 15.4. The van der Waals surface area contributed by atoms with Crippen LogP contribution >= 0.6 is 0 Å². The van der Waals surface area contributed by atoms with E-state index in [4.69, 9.17) is 4.74 Å². The van der Waals surface area contributed by atoms with Crippen molar-refractivity contribution in [3.8, 4) is 11.5 Å². The number of Topliss-reactive ketones (excluding diaryl/α,β-unsaturated/α-hetero) is 1. The van der Waals surface area contributed by atoms with E-state index in [1.54, 1.807) is 6.07 Å². The molecule has 26 heavy (non-hydrogen) atoms. The van der Waals surface area contributed by atoms with Gasteiger partial charge in [-0.25, -0.2) is 0 Å². The van der Waals surface area contributed by atoms with Crippen LogP contribution in [0.5, 0.6) is 11.5 Å². The lowest BCUT2D eigenvalue weighted by atomic mass is 9.49. The van der Waals surface area contributed by atoms with E-state index in [-0.39, 0.29) is 23.1 Å². The molecule has 3 aliphatic carbocycles. The standard InChI is InChI=1S/C22H27NO3/c1-12-9-17(25)21-22-7-8-23(11-13-3-2-4-13)15(18(12)22)10-14-5-6-16(24)20(26-21)19(14)22/h5-6,12-13,15,18,21,24H,2-4,7-11H2,1H3/t12-,15+,18-,21+,22-/m0/s1. The van der Waals surface area contributed by atoms with Gasteiger partial charge in [-0.15, -0.1) is 0 Å². The molecule has 1 spiro atoms. The third-order valence-corrected chi connectivity index (χ3v) is 8.26. The van der Waals surface area contributed by atoms with Crippen molar-refractivity contribution in [2.45, 2.75) is 63.0 Å². The zero-order valence-corrected chi connectivity index (χ0v) is 15.4. The number of hydrogen-bond acceptors (Lipinski definition) is 4. The molecule has 5 aliphatic rings. The first-order valence-electron chi connectivity index (χ1n) is 10.4. The van der Waals surface area contributed by atoms with Crippen molar-refractivity contribution in [3.05, 3.63) is 23.3 Å². The maximum Gasteiger partial charge on any atom is 0.174 e. The molecule has 1 saturated heterocycles. The molecule has 4 heteroatoms. The Morgan fingerprint density at radius 3 is 2.92 bits per heavy atom. The largest absolute Gasteiger partial charge is 0.504 e. The van der Waals surface area contributed by atoms with Crippen LogP contribution in [0.3, 0.4) is 0 Å².